The van der Waals surface area contributed by atoms with Gasteiger partial charge < -0.3 is 0 Å². The van der Waals surface area contributed by atoms with Crippen LogP contribution in [-0.4, -0.2) is 5.12 Å². The first-order valence-electron chi connectivity index (χ1n) is 3.82. The van der Waals surface area contributed by atoms with Crippen LogP contribution in [0.15, 0.2) is 0 Å². The Bertz CT molecular complexity index is 91.3. The molecule has 0 N–H and O–H groups in total. The minimum absolute atomic E-state index is 0.274. The molecule has 2 heteroatoms. The summed E-state index contributed by atoms with van der Waals surface area (Å²) in [7, 11) is 0. The Balaban J connectivity index is 2.96. The van der Waals surface area contributed by atoms with Crippen LogP contribution >= 0.6 is 11.8 Å². The van der Waals surface area contributed by atoms with Crippen LogP contribution in [0.2, 0.25) is 0 Å². The molecule has 0 aromatic heterocycles. The van der Waals surface area contributed by atoms with Crippen molar-refractivity contribution in [3.05, 3.63) is 5.75 Å². The molecule has 0 atom stereocenters. The van der Waals surface area contributed by atoms with Gasteiger partial charge in [-0.15, -0.1) is 0 Å². The third-order valence-corrected chi connectivity index (χ3v) is 2.13. The smallest absolute Gasteiger partial charge is 0.188 e. The summed E-state index contributed by atoms with van der Waals surface area (Å²) in [6, 6.07) is 0. The van der Waals surface area contributed by atoms with Crippen molar-refractivity contribution in [1.29, 1.82) is 0 Å². The molecule has 0 bridgehead atoms. The summed E-state index contributed by atoms with van der Waals surface area (Å²) in [6.45, 7) is 4.04. The third kappa shape index (κ3) is 6.14. The van der Waals surface area contributed by atoms with Gasteiger partial charge in [-0.2, -0.15) is 0 Å². The van der Waals surface area contributed by atoms with Crippen molar-refractivity contribution >= 4 is 16.9 Å². The Labute approximate surface area is 67.6 Å². The molecule has 0 heterocycles. The fraction of sp³-hybridized carbons (Fsp3) is 0.750. The SMILES string of the molecule is CCCC[CH]SC(=O)CC. The first kappa shape index (κ1) is 10.0. The van der Waals surface area contributed by atoms with E-state index in [1.165, 1.54) is 24.6 Å². The van der Waals surface area contributed by atoms with Gasteiger partial charge in [-0.05, 0) is 6.42 Å². The van der Waals surface area contributed by atoms with Crippen LogP contribution in [0, 0.1) is 5.75 Å². The maximum absolute atomic E-state index is 10.7. The number of thioether (sulfide) groups is 1. The van der Waals surface area contributed by atoms with E-state index in [2.05, 4.69) is 6.92 Å². The molecule has 0 aromatic carbocycles. The van der Waals surface area contributed by atoms with Gasteiger partial charge in [-0.25, -0.2) is 0 Å². The summed E-state index contributed by atoms with van der Waals surface area (Å²) < 4.78 is 0. The zero-order chi connectivity index (χ0) is 7.82. The van der Waals surface area contributed by atoms with Gasteiger partial charge in [0.2, 0.25) is 0 Å². The monoisotopic (exact) mass is 159 g/mol. The molecule has 0 saturated heterocycles. The molecule has 0 spiro atoms. The van der Waals surface area contributed by atoms with Crippen molar-refractivity contribution in [3.8, 4) is 0 Å². The summed E-state index contributed by atoms with van der Waals surface area (Å²) in [5.74, 6) is 2.01. The van der Waals surface area contributed by atoms with Gasteiger partial charge in [-0.1, -0.05) is 38.5 Å². The summed E-state index contributed by atoms with van der Waals surface area (Å²) >= 11 is 1.35. The van der Waals surface area contributed by atoms with Gasteiger partial charge in [-0.3, -0.25) is 4.79 Å². The standard InChI is InChI=1S/C8H15OS/c1-3-5-6-7-10-8(9)4-2/h7H,3-6H2,1-2H3. The largest absolute Gasteiger partial charge is 0.287 e. The van der Waals surface area contributed by atoms with E-state index in [1.807, 2.05) is 12.7 Å². The highest BCUT2D eigenvalue weighted by Crippen LogP contribution is 2.13. The van der Waals surface area contributed by atoms with Crippen LogP contribution in [-0.2, 0) is 4.79 Å². The van der Waals surface area contributed by atoms with Crippen LogP contribution in [0.3, 0.4) is 0 Å². The van der Waals surface area contributed by atoms with Crippen LogP contribution in [0.1, 0.15) is 39.5 Å². The number of unbranched alkanes of at least 4 members (excludes halogenated alkanes) is 2. The Morgan fingerprint density at radius 1 is 1.50 bits per heavy atom. The Kier molecular flexibility index (Phi) is 7.15. The number of hydrogen-bond acceptors (Lipinski definition) is 2. The highest BCUT2D eigenvalue weighted by atomic mass is 32.2. The van der Waals surface area contributed by atoms with E-state index in [9.17, 15) is 4.79 Å². The minimum atomic E-state index is 0.274. The molecule has 0 saturated carbocycles. The van der Waals surface area contributed by atoms with Crippen LogP contribution < -0.4 is 0 Å². The van der Waals surface area contributed by atoms with Crippen molar-refractivity contribution in [1.82, 2.24) is 0 Å². The van der Waals surface area contributed by atoms with Crippen molar-refractivity contribution < 1.29 is 4.79 Å². The number of rotatable bonds is 5. The van der Waals surface area contributed by atoms with Gasteiger partial charge >= 0.3 is 0 Å². The maximum atomic E-state index is 10.7. The fourth-order valence-electron chi connectivity index (χ4n) is 0.523. The number of hydrogen-bond donors (Lipinski definition) is 0. The molecule has 0 aromatic rings. The van der Waals surface area contributed by atoms with Crippen molar-refractivity contribution in [2.24, 2.45) is 0 Å². The molecule has 59 valence electrons. The van der Waals surface area contributed by atoms with E-state index in [0.717, 1.165) is 6.42 Å². The maximum Gasteiger partial charge on any atom is 0.188 e. The Morgan fingerprint density at radius 3 is 2.70 bits per heavy atom. The second-order valence-corrected chi connectivity index (χ2v) is 3.18. The number of carbonyl (C=O) groups is 1. The normalized spacial score (nSPS) is 9.80. The third-order valence-electron chi connectivity index (χ3n) is 1.18. The van der Waals surface area contributed by atoms with E-state index in [-0.39, 0.29) is 5.12 Å². The summed E-state index contributed by atoms with van der Waals surface area (Å²) in [6.07, 6.45) is 4.11. The fourth-order valence-corrected chi connectivity index (χ4v) is 1.16. The van der Waals surface area contributed by atoms with Gasteiger partial charge in [0.25, 0.3) is 0 Å². The molecule has 10 heavy (non-hydrogen) atoms. The lowest BCUT2D eigenvalue weighted by Gasteiger charge is -1.95. The highest BCUT2D eigenvalue weighted by Gasteiger charge is 1.96. The average molecular weight is 159 g/mol. The first-order chi connectivity index (χ1) is 4.81. The van der Waals surface area contributed by atoms with Gasteiger partial charge in [0.1, 0.15) is 0 Å². The molecule has 0 amide bonds. The average Bonchev–Trinajstić information content (AvgIpc) is 1.98. The zero-order valence-electron chi connectivity index (χ0n) is 6.72. The zero-order valence-corrected chi connectivity index (χ0v) is 7.54. The van der Waals surface area contributed by atoms with E-state index >= 15 is 0 Å². The van der Waals surface area contributed by atoms with Crippen LogP contribution in [0.5, 0.6) is 0 Å². The Morgan fingerprint density at radius 2 is 2.20 bits per heavy atom. The van der Waals surface area contributed by atoms with Gasteiger partial charge in [0.15, 0.2) is 5.12 Å². The molecular weight excluding hydrogens is 144 g/mol. The quantitative estimate of drug-likeness (QED) is 0.574. The first-order valence-corrected chi connectivity index (χ1v) is 4.70. The van der Waals surface area contributed by atoms with Crippen molar-refractivity contribution in [2.45, 2.75) is 39.5 Å². The molecule has 0 unspecified atom stereocenters. The highest BCUT2D eigenvalue weighted by molar-refractivity contribution is 8.15. The Hall–Kier alpha value is 0.0200. The molecule has 0 aliphatic carbocycles. The van der Waals surface area contributed by atoms with Crippen molar-refractivity contribution in [2.75, 3.05) is 0 Å². The lowest BCUT2D eigenvalue weighted by atomic mass is 10.3. The van der Waals surface area contributed by atoms with E-state index in [4.69, 9.17) is 0 Å². The topological polar surface area (TPSA) is 17.1 Å². The second kappa shape index (κ2) is 7.13. The minimum Gasteiger partial charge on any atom is -0.287 e. The summed E-state index contributed by atoms with van der Waals surface area (Å²) in [4.78, 5) is 10.7. The molecule has 0 aliphatic rings. The molecule has 1 nitrogen and oxygen atoms in total. The lowest BCUT2D eigenvalue weighted by Crippen LogP contribution is -1.85. The summed E-state index contributed by atoms with van der Waals surface area (Å²) in [5, 5.41) is 0.274. The molecule has 0 rings (SSSR count). The van der Waals surface area contributed by atoms with E-state index < -0.39 is 0 Å². The van der Waals surface area contributed by atoms with Crippen LogP contribution in [0.4, 0.5) is 0 Å². The molecule has 0 fully saturated rings. The van der Waals surface area contributed by atoms with Gasteiger partial charge in [0, 0.05) is 12.2 Å². The van der Waals surface area contributed by atoms with Crippen molar-refractivity contribution in [3.63, 3.8) is 0 Å². The van der Waals surface area contributed by atoms with Crippen LogP contribution in [0.25, 0.3) is 0 Å². The number of carbonyl (C=O) groups excluding carboxylic acids is 1. The summed E-state index contributed by atoms with van der Waals surface area (Å²) in [5.41, 5.74) is 0. The molecule has 1 radical (unpaired) electrons. The predicted molar refractivity (Wildman–Crippen MR) is 46.7 cm³/mol. The van der Waals surface area contributed by atoms with E-state index in [1.54, 1.807) is 0 Å². The second-order valence-electron chi connectivity index (χ2n) is 2.15. The van der Waals surface area contributed by atoms with E-state index in [0.29, 0.717) is 6.42 Å². The predicted octanol–water partition coefficient (Wildman–Crippen LogP) is 3.01. The lowest BCUT2D eigenvalue weighted by molar-refractivity contribution is -0.110. The molecule has 0 aliphatic heterocycles. The van der Waals surface area contributed by atoms with Gasteiger partial charge in [0.05, 0.1) is 0 Å². The molecular formula is C8H15OS.